The molecule has 4 nitrogen and oxygen atoms in total. The molecular formula is C9H13ClN2O2S. The standard InChI is InChI=1S/C9H13ClN2O2S/c1-7(2)8-5-9(12-6-11-8)15(13,14)4-3-10/h5-7H,3-4H2,1-2H3. The van der Waals surface area contributed by atoms with Crippen molar-refractivity contribution >= 4 is 21.4 Å². The van der Waals surface area contributed by atoms with Crippen LogP contribution < -0.4 is 0 Å². The van der Waals surface area contributed by atoms with E-state index < -0.39 is 9.84 Å². The highest BCUT2D eigenvalue weighted by molar-refractivity contribution is 7.91. The predicted molar refractivity (Wildman–Crippen MR) is 58.9 cm³/mol. The van der Waals surface area contributed by atoms with Crippen LogP contribution in [0.2, 0.25) is 0 Å². The van der Waals surface area contributed by atoms with Gasteiger partial charge >= 0.3 is 0 Å². The van der Waals surface area contributed by atoms with Gasteiger partial charge in [-0.15, -0.1) is 11.6 Å². The first-order chi connectivity index (χ1) is 6.97. The SMILES string of the molecule is CC(C)c1cc(S(=O)(=O)CCCl)ncn1. The van der Waals surface area contributed by atoms with Crippen molar-refractivity contribution < 1.29 is 8.42 Å². The Morgan fingerprint density at radius 3 is 2.60 bits per heavy atom. The molecular weight excluding hydrogens is 236 g/mol. The molecule has 1 heterocycles. The molecule has 1 aromatic heterocycles. The molecule has 0 bridgehead atoms. The van der Waals surface area contributed by atoms with E-state index in [1.807, 2.05) is 13.8 Å². The van der Waals surface area contributed by atoms with Crippen LogP contribution in [0.3, 0.4) is 0 Å². The van der Waals surface area contributed by atoms with Crippen LogP contribution in [0.25, 0.3) is 0 Å². The van der Waals surface area contributed by atoms with E-state index >= 15 is 0 Å². The van der Waals surface area contributed by atoms with E-state index in [9.17, 15) is 8.42 Å². The monoisotopic (exact) mass is 248 g/mol. The van der Waals surface area contributed by atoms with Crippen molar-refractivity contribution in [3.05, 3.63) is 18.1 Å². The summed E-state index contributed by atoms with van der Waals surface area (Å²) in [5, 5.41) is 0.0573. The molecule has 84 valence electrons. The molecule has 0 spiro atoms. The molecule has 1 rings (SSSR count). The van der Waals surface area contributed by atoms with E-state index in [2.05, 4.69) is 9.97 Å². The van der Waals surface area contributed by atoms with Crippen molar-refractivity contribution in [2.24, 2.45) is 0 Å². The molecule has 0 amide bonds. The van der Waals surface area contributed by atoms with E-state index in [0.29, 0.717) is 0 Å². The Bertz CT molecular complexity index is 431. The molecule has 0 fully saturated rings. The number of rotatable bonds is 4. The average Bonchev–Trinajstić information content (AvgIpc) is 2.18. The minimum Gasteiger partial charge on any atom is -0.241 e. The maximum Gasteiger partial charge on any atom is 0.196 e. The van der Waals surface area contributed by atoms with Crippen molar-refractivity contribution in [1.29, 1.82) is 0 Å². The minimum absolute atomic E-state index is 0.0573. The van der Waals surface area contributed by atoms with Crippen molar-refractivity contribution in [1.82, 2.24) is 9.97 Å². The van der Waals surface area contributed by atoms with Crippen LogP contribution in [0, 0.1) is 0 Å². The number of nitrogens with zero attached hydrogens (tertiary/aromatic N) is 2. The molecule has 0 unspecified atom stereocenters. The number of hydrogen-bond acceptors (Lipinski definition) is 4. The molecule has 0 aliphatic heterocycles. The van der Waals surface area contributed by atoms with Crippen molar-refractivity contribution in [3.63, 3.8) is 0 Å². The lowest BCUT2D eigenvalue weighted by atomic mass is 10.1. The van der Waals surface area contributed by atoms with Gasteiger partial charge in [-0.2, -0.15) is 0 Å². The van der Waals surface area contributed by atoms with Gasteiger partial charge in [-0.25, -0.2) is 18.4 Å². The fourth-order valence-electron chi connectivity index (χ4n) is 1.05. The zero-order valence-corrected chi connectivity index (χ0v) is 10.2. The minimum atomic E-state index is -3.35. The molecule has 0 saturated heterocycles. The number of hydrogen-bond donors (Lipinski definition) is 0. The second kappa shape index (κ2) is 4.90. The zero-order chi connectivity index (χ0) is 11.5. The lowest BCUT2D eigenvalue weighted by Crippen LogP contribution is -2.11. The Morgan fingerprint density at radius 2 is 2.07 bits per heavy atom. The summed E-state index contributed by atoms with van der Waals surface area (Å²) in [6.45, 7) is 3.89. The van der Waals surface area contributed by atoms with Crippen molar-refractivity contribution in [2.45, 2.75) is 24.8 Å². The Kier molecular flexibility index (Phi) is 4.04. The van der Waals surface area contributed by atoms with Crippen molar-refractivity contribution in [2.75, 3.05) is 11.6 Å². The van der Waals surface area contributed by atoms with Crippen LogP contribution in [-0.4, -0.2) is 30.0 Å². The van der Waals surface area contributed by atoms with Crippen LogP contribution in [0.15, 0.2) is 17.4 Å². The highest BCUT2D eigenvalue weighted by Crippen LogP contribution is 2.15. The summed E-state index contributed by atoms with van der Waals surface area (Å²) in [6, 6.07) is 1.51. The molecule has 0 N–H and O–H groups in total. The Labute approximate surface area is 94.6 Å². The van der Waals surface area contributed by atoms with E-state index in [-0.39, 0.29) is 22.6 Å². The van der Waals surface area contributed by atoms with Crippen LogP contribution in [-0.2, 0) is 9.84 Å². The molecule has 15 heavy (non-hydrogen) atoms. The normalized spacial score (nSPS) is 12.0. The molecule has 6 heteroatoms. The van der Waals surface area contributed by atoms with Gasteiger partial charge in [-0.1, -0.05) is 13.8 Å². The van der Waals surface area contributed by atoms with E-state index in [4.69, 9.17) is 11.6 Å². The molecule has 0 atom stereocenters. The summed E-state index contributed by atoms with van der Waals surface area (Å²) in [6.07, 6.45) is 1.27. The third-order valence-electron chi connectivity index (χ3n) is 1.92. The van der Waals surface area contributed by atoms with Gasteiger partial charge < -0.3 is 0 Å². The van der Waals surface area contributed by atoms with E-state index in [0.717, 1.165) is 5.69 Å². The smallest absolute Gasteiger partial charge is 0.196 e. The quantitative estimate of drug-likeness (QED) is 0.600. The molecule has 0 aliphatic carbocycles. The summed E-state index contributed by atoms with van der Waals surface area (Å²) < 4.78 is 23.3. The van der Waals surface area contributed by atoms with Gasteiger partial charge in [-0.05, 0) is 12.0 Å². The van der Waals surface area contributed by atoms with E-state index in [1.165, 1.54) is 12.4 Å². The maximum absolute atomic E-state index is 11.6. The van der Waals surface area contributed by atoms with Crippen LogP contribution in [0.5, 0.6) is 0 Å². The second-order valence-electron chi connectivity index (χ2n) is 3.44. The van der Waals surface area contributed by atoms with Gasteiger partial charge in [0.05, 0.1) is 5.75 Å². The predicted octanol–water partition coefficient (Wildman–Crippen LogP) is 1.61. The largest absolute Gasteiger partial charge is 0.241 e. The fraction of sp³-hybridized carbons (Fsp3) is 0.556. The number of halogens is 1. The first-order valence-electron chi connectivity index (χ1n) is 4.58. The Hall–Kier alpha value is -0.680. The maximum atomic E-state index is 11.6. The van der Waals surface area contributed by atoms with Gasteiger partial charge in [0.2, 0.25) is 0 Å². The third kappa shape index (κ3) is 3.14. The molecule has 0 aromatic carbocycles. The molecule has 0 radical (unpaired) electrons. The molecule has 1 aromatic rings. The Balaban J connectivity index is 3.11. The number of sulfone groups is 1. The van der Waals surface area contributed by atoms with Crippen LogP contribution >= 0.6 is 11.6 Å². The summed E-state index contributed by atoms with van der Waals surface area (Å²) in [4.78, 5) is 7.76. The van der Waals surface area contributed by atoms with Gasteiger partial charge in [0.15, 0.2) is 14.9 Å². The van der Waals surface area contributed by atoms with E-state index in [1.54, 1.807) is 0 Å². The lowest BCUT2D eigenvalue weighted by molar-refractivity contribution is 0.592. The first kappa shape index (κ1) is 12.4. The fourth-order valence-corrected chi connectivity index (χ4v) is 2.58. The average molecular weight is 249 g/mol. The lowest BCUT2D eigenvalue weighted by Gasteiger charge is -2.06. The zero-order valence-electron chi connectivity index (χ0n) is 8.64. The summed E-state index contributed by atoms with van der Waals surface area (Å²) in [7, 11) is -3.35. The van der Waals surface area contributed by atoms with Gasteiger partial charge in [0.25, 0.3) is 0 Å². The van der Waals surface area contributed by atoms with Gasteiger partial charge in [-0.3, -0.25) is 0 Å². The van der Waals surface area contributed by atoms with Crippen LogP contribution in [0.4, 0.5) is 0 Å². The van der Waals surface area contributed by atoms with Gasteiger partial charge in [0, 0.05) is 11.6 Å². The second-order valence-corrected chi connectivity index (χ2v) is 5.88. The molecule has 0 saturated carbocycles. The first-order valence-corrected chi connectivity index (χ1v) is 6.76. The Morgan fingerprint density at radius 1 is 1.40 bits per heavy atom. The number of aromatic nitrogens is 2. The van der Waals surface area contributed by atoms with Crippen LogP contribution in [0.1, 0.15) is 25.5 Å². The van der Waals surface area contributed by atoms with Crippen molar-refractivity contribution in [3.8, 4) is 0 Å². The highest BCUT2D eigenvalue weighted by Gasteiger charge is 2.16. The highest BCUT2D eigenvalue weighted by atomic mass is 35.5. The van der Waals surface area contributed by atoms with Gasteiger partial charge in [0.1, 0.15) is 6.33 Å². The summed E-state index contributed by atoms with van der Waals surface area (Å²) in [5.41, 5.74) is 0.721. The summed E-state index contributed by atoms with van der Waals surface area (Å²) >= 11 is 5.42. The summed E-state index contributed by atoms with van der Waals surface area (Å²) in [5.74, 6) is 0.157. The topological polar surface area (TPSA) is 59.9 Å². The molecule has 0 aliphatic rings. The third-order valence-corrected chi connectivity index (χ3v) is 3.93. The number of alkyl halides is 1.